The molecule has 0 bridgehead atoms. The van der Waals surface area contributed by atoms with Gasteiger partial charge in [-0.3, -0.25) is 9.69 Å². The van der Waals surface area contributed by atoms with Gasteiger partial charge < -0.3 is 4.74 Å². The van der Waals surface area contributed by atoms with Crippen LogP contribution in [0.15, 0.2) is 0 Å². The van der Waals surface area contributed by atoms with Gasteiger partial charge in [0.25, 0.3) is 0 Å². The van der Waals surface area contributed by atoms with E-state index in [9.17, 15) is 4.79 Å². The van der Waals surface area contributed by atoms with Crippen LogP contribution in [0.2, 0.25) is 0 Å². The third-order valence-corrected chi connectivity index (χ3v) is 4.11. The van der Waals surface area contributed by atoms with Gasteiger partial charge in [0.15, 0.2) is 0 Å². The van der Waals surface area contributed by atoms with Crippen LogP contribution in [0.4, 0.5) is 0 Å². The number of likely N-dealkylation sites (N-methyl/N-ethyl adjacent to an activating group) is 1. The Bertz CT molecular complexity index is 247. The molecule has 0 aromatic rings. The number of hydrogen-bond donors (Lipinski definition) is 0. The molecule has 1 unspecified atom stereocenters. The van der Waals surface area contributed by atoms with Crippen molar-refractivity contribution in [1.82, 2.24) is 4.90 Å². The third kappa shape index (κ3) is 14.6. The van der Waals surface area contributed by atoms with E-state index in [2.05, 4.69) is 6.92 Å². The first-order valence-corrected chi connectivity index (χ1v) is 8.92. The van der Waals surface area contributed by atoms with E-state index in [1.165, 1.54) is 64.2 Å². The molecule has 3 nitrogen and oxygen atoms in total. The second-order valence-corrected chi connectivity index (χ2v) is 6.34. The molecule has 0 fully saturated rings. The molecule has 134 valence electrons. The Hall–Kier alpha value is -0.280. The lowest BCUT2D eigenvalue weighted by Crippen LogP contribution is -2.34. The van der Waals surface area contributed by atoms with Gasteiger partial charge in [-0.1, -0.05) is 71.1 Å². The van der Waals surface area contributed by atoms with E-state index in [1.807, 2.05) is 25.9 Å². The summed E-state index contributed by atoms with van der Waals surface area (Å²) in [6.45, 7) is 4.72. The van der Waals surface area contributed by atoms with Crippen molar-refractivity contribution in [2.24, 2.45) is 0 Å². The zero-order chi connectivity index (χ0) is 15.9. The van der Waals surface area contributed by atoms with Crippen LogP contribution in [0.25, 0.3) is 0 Å². The molecule has 0 aliphatic rings. The number of unbranched alkanes of at least 4 members (excludes halogenated alkanes) is 10. The van der Waals surface area contributed by atoms with Crippen LogP contribution >= 0.6 is 12.4 Å². The maximum absolute atomic E-state index is 11.6. The van der Waals surface area contributed by atoms with Crippen molar-refractivity contribution in [1.29, 1.82) is 0 Å². The molecule has 0 saturated heterocycles. The van der Waals surface area contributed by atoms with E-state index in [4.69, 9.17) is 4.74 Å². The zero-order valence-electron chi connectivity index (χ0n) is 15.2. The molecule has 0 aliphatic heterocycles. The highest BCUT2D eigenvalue weighted by Crippen LogP contribution is 2.11. The molecule has 0 aromatic heterocycles. The lowest BCUT2D eigenvalue weighted by Gasteiger charge is -2.17. The van der Waals surface area contributed by atoms with E-state index in [0.29, 0.717) is 6.61 Å². The molecule has 4 heteroatoms. The predicted octanol–water partition coefficient (Wildman–Crippen LogP) is 5.21. The van der Waals surface area contributed by atoms with Crippen molar-refractivity contribution in [3.8, 4) is 0 Å². The summed E-state index contributed by atoms with van der Waals surface area (Å²) in [7, 11) is 3.79. The Balaban J connectivity index is 0. The van der Waals surface area contributed by atoms with Gasteiger partial charge in [0.1, 0.15) is 6.04 Å². The Labute approximate surface area is 144 Å². The van der Waals surface area contributed by atoms with Crippen LogP contribution in [0.1, 0.15) is 84.5 Å². The van der Waals surface area contributed by atoms with Gasteiger partial charge in [-0.25, -0.2) is 0 Å². The highest BCUT2D eigenvalue weighted by Gasteiger charge is 2.15. The standard InChI is InChI=1S/C18H37NO2.ClH/c1-5-6-7-8-9-10-11-12-13-14-15-16-21-18(20)17(2)19(3)4;/h17H,5-16H2,1-4H3;1H. The molecule has 0 saturated carbocycles. The second kappa shape index (κ2) is 17.1. The van der Waals surface area contributed by atoms with Gasteiger partial charge >= 0.3 is 5.97 Å². The van der Waals surface area contributed by atoms with E-state index >= 15 is 0 Å². The molecule has 0 aliphatic carbocycles. The minimum Gasteiger partial charge on any atom is -0.465 e. The van der Waals surface area contributed by atoms with Crippen LogP contribution in [0.5, 0.6) is 0 Å². The maximum atomic E-state index is 11.6. The Kier molecular flexibility index (Phi) is 18.6. The lowest BCUT2D eigenvalue weighted by molar-refractivity contribution is -0.148. The van der Waals surface area contributed by atoms with E-state index in [0.717, 1.165) is 6.42 Å². The number of hydrogen-bond acceptors (Lipinski definition) is 3. The van der Waals surface area contributed by atoms with Gasteiger partial charge in [-0.15, -0.1) is 12.4 Å². The third-order valence-electron chi connectivity index (χ3n) is 4.11. The van der Waals surface area contributed by atoms with Crippen LogP contribution < -0.4 is 0 Å². The molecule has 0 aromatic carbocycles. The van der Waals surface area contributed by atoms with Gasteiger partial charge in [-0.05, 0) is 27.4 Å². The molecule has 0 radical (unpaired) electrons. The van der Waals surface area contributed by atoms with Crippen molar-refractivity contribution in [2.45, 2.75) is 90.5 Å². The van der Waals surface area contributed by atoms with Crippen LogP contribution in [-0.4, -0.2) is 37.6 Å². The summed E-state index contributed by atoms with van der Waals surface area (Å²) < 4.78 is 5.27. The first-order valence-electron chi connectivity index (χ1n) is 8.92. The maximum Gasteiger partial charge on any atom is 0.323 e. The zero-order valence-corrected chi connectivity index (χ0v) is 16.1. The number of halogens is 1. The Morgan fingerprint density at radius 1 is 0.864 bits per heavy atom. The van der Waals surface area contributed by atoms with Gasteiger partial charge in [0.2, 0.25) is 0 Å². The van der Waals surface area contributed by atoms with Crippen molar-refractivity contribution in [3.63, 3.8) is 0 Å². The molecular formula is C18H38ClNO2. The average molecular weight is 336 g/mol. The fourth-order valence-electron chi connectivity index (χ4n) is 2.27. The monoisotopic (exact) mass is 335 g/mol. The molecule has 0 heterocycles. The summed E-state index contributed by atoms with van der Waals surface area (Å²) in [5, 5.41) is 0. The van der Waals surface area contributed by atoms with Gasteiger partial charge in [0, 0.05) is 0 Å². The predicted molar refractivity (Wildman–Crippen MR) is 97.8 cm³/mol. The molecule has 1 atom stereocenters. The summed E-state index contributed by atoms with van der Waals surface area (Å²) in [4.78, 5) is 13.5. The summed E-state index contributed by atoms with van der Waals surface area (Å²) in [5.74, 6) is -0.105. The highest BCUT2D eigenvalue weighted by molar-refractivity contribution is 5.85. The van der Waals surface area contributed by atoms with Gasteiger partial charge in [-0.2, -0.15) is 0 Å². The fourth-order valence-corrected chi connectivity index (χ4v) is 2.27. The van der Waals surface area contributed by atoms with E-state index < -0.39 is 0 Å². The smallest absolute Gasteiger partial charge is 0.323 e. The van der Waals surface area contributed by atoms with Crippen LogP contribution in [0.3, 0.4) is 0 Å². The quantitative estimate of drug-likeness (QED) is 0.322. The molecular weight excluding hydrogens is 298 g/mol. The summed E-state index contributed by atoms with van der Waals surface area (Å²) in [5.41, 5.74) is 0. The minimum atomic E-state index is -0.141. The molecule has 0 N–H and O–H groups in total. The second-order valence-electron chi connectivity index (χ2n) is 6.34. The molecule has 22 heavy (non-hydrogen) atoms. The van der Waals surface area contributed by atoms with Gasteiger partial charge in [0.05, 0.1) is 6.61 Å². The normalized spacial score (nSPS) is 12.0. The number of ether oxygens (including phenoxy) is 1. The van der Waals surface area contributed by atoms with Crippen LogP contribution in [-0.2, 0) is 9.53 Å². The Morgan fingerprint density at radius 2 is 1.27 bits per heavy atom. The Morgan fingerprint density at radius 3 is 1.68 bits per heavy atom. The van der Waals surface area contributed by atoms with E-state index in [1.54, 1.807) is 0 Å². The lowest BCUT2D eigenvalue weighted by atomic mass is 10.1. The fraction of sp³-hybridized carbons (Fsp3) is 0.944. The first kappa shape index (κ1) is 24.0. The number of rotatable bonds is 14. The number of carbonyl (C=O) groups excluding carboxylic acids is 1. The first-order chi connectivity index (χ1) is 10.1. The van der Waals surface area contributed by atoms with Crippen molar-refractivity contribution in [3.05, 3.63) is 0 Å². The van der Waals surface area contributed by atoms with Crippen molar-refractivity contribution in [2.75, 3.05) is 20.7 Å². The highest BCUT2D eigenvalue weighted by atomic mass is 35.5. The number of nitrogens with zero attached hydrogens (tertiary/aromatic N) is 1. The minimum absolute atomic E-state index is 0. The molecule has 0 amide bonds. The summed E-state index contributed by atoms with van der Waals surface area (Å²) in [6.07, 6.45) is 14.5. The average Bonchev–Trinajstić information content (AvgIpc) is 2.47. The SMILES string of the molecule is CCCCCCCCCCCCCOC(=O)C(C)N(C)C.Cl. The topological polar surface area (TPSA) is 29.5 Å². The van der Waals surface area contributed by atoms with Crippen molar-refractivity contribution >= 4 is 18.4 Å². The van der Waals surface area contributed by atoms with E-state index in [-0.39, 0.29) is 24.4 Å². The van der Waals surface area contributed by atoms with Crippen molar-refractivity contribution < 1.29 is 9.53 Å². The number of esters is 1. The molecule has 0 rings (SSSR count). The summed E-state index contributed by atoms with van der Waals surface area (Å²) in [6, 6.07) is -0.141. The number of carbonyl (C=O) groups is 1. The molecule has 0 spiro atoms. The largest absolute Gasteiger partial charge is 0.465 e. The van der Waals surface area contributed by atoms with Crippen LogP contribution in [0, 0.1) is 0 Å². The summed E-state index contributed by atoms with van der Waals surface area (Å²) >= 11 is 0.